The molecule has 2 aliphatic rings. The Morgan fingerprint density at radius 1 is 1.18 bits per heavy atom. The molecule has 2 fully saturated rings. The molecule has 0 unspecified atom stereocenters. The van der Waals surface area contributed by atoms with Crippen LogP contribution in [-0.2, 0) is 16.0 Å². The molecular formula is C27H32ClN7O4. The molecule has 0 amide bonds. The second kappa shape index (κ2) is 11.1. The molecule has 39 heavy (non-hydrogen) atoms. The van der Waals surface area contributed by atoms with Crippen molar-refractivity contribution in [1.82, 2.24) is 29.7 Å². The first kappa shape index (κ1) is 26.0. The maximum Gasteiger partial charge on any atom is 0.439 e. The summed E-state index contributed by atoms with van der Waals surface area (Å²) >= 11 is 6.35. The number of aromatic amines is 1. The average Bonchev–Trinajstić information content (AvgIpc) is 3.66. The summed E-state index contributed by atoms with van der Waals surface area (Å²) in [6, 6.07) is 3.66. The molecule has 0 bridgehead atoms. The smallest absolute Gasteiger partial charge is 0.379 e. The van der Waals surface area contributed by atoms with Crippen molar-refractivity contribution in [2.75, 3.05) is 32.2 Å². The van der Waals surface area contributed by atoms with Crippen LogP contribution in [-0.4, -0.2) is 62.6 Å². The monoisotopic (exact) mass is 553 g/mol. The lowest BCUT2D eigenvalue weighted by atomic mass is 9.83. The van der Waals surface area contributed by atoms with Crippen molar-refractivity contribution in [1.29, 1.82) is 0 Å². The number of nitrogens with one attached hydrogen (secondary N) is 2. The normalized spacial score (nSPS) is 23.5. The standard InChI is InChI=1S/C27H32ClN7O4/c1-15-3-5-16(6-4-15)12-35-24-20(32-26(35)30-10-18-13-38-14-22(18)37-2)8-21(25-33-27(36)39-34-25)31-23(24)17-7-19(28)11-29-9-17/h7-9,11,15-16,18,22H,3-6,10,12-14H2,1-2H3,(H,30,32)(H,33,34,36)/t15-,16-,18-,22-/m0/s1. The molecule has 1 aliphatic heterocycles. The third-order valence-electron chi connectivity index (χ3n) is 7.93. The summed E-state index contributed by atoms with van der Waals surface area (Å²) in [5.41, 5.74) is 3.44. The molecule has 1 saturated carbocycles. The Labute approximate surface area is 230 Å². The summed E-state index contributed by atoms with van der Waals surface area (Å²) in [4.78, 5) is 28.6. The highest BCUT2D eigenvalue weighted by Crippen LogP contribution is 2.36. The number of halogens is 1. The van der Waals surface area contributed by atoms with Gasteiger partial charge < -0.3 is 19.4 Å². The fourth-order valence-electron chi connectivity index (χ4n) is 5.70. The first-order valence-corrected chi connectivity index (χ1v) is 13.8. The van der Waals surface area contributed by atoms with Gasteiger partial charge in [0.1, 0.15) is 5.69 Å². The molecule has 6 rings (SSSR count). The molecule has 206 valence electrons. The van der Waals surface area contributed by atoms with E-state index in [1.807, 2.05) is 12.1 Å². The van der Waals surface area contributed by atoms with Crippen molar-refractivity contribution in [2.45, 2.75) is 45.3 Å². The fraction of sp³-hybridized carbons (Fsp3) is 0.519. The maximum absolute atomic E-state index is 11.7. The highest BCUT2D eigenvalue weighted by atomic mass is 35.5. The van der Waals surface area contributed by atoms with Crippen LogP contribution in [0.15, 0.2) is 33.8 Å². The number of imidazole rings is 1. The summed E-state index contributed by atoms with van der Waals surface area (Å²) in [7, 11) is 1.72. The van der Waals surface area contributed by atoms with E-state index in [2.05, 4.69) is 31.9 Å². The lowest BCUT2D eigenvalue weighted by molar-refractivity contribution is 0.0687. The first-order chi connectivity index (χ1) is 19.0. The minimum Gasteiger partial charge on any atom is -0.379 e. The fourth-order valence-corrected chi connectivity index (χ4v) is 5.87. The van der Waals surface area contributed by atoms with E-state index in [1.165, 1.54) is 25.7 Å². The molecular weight excluding hydrogens is 522 g/mol. The number of ether oxygens (including phenoxy) is 2. The van der Waals surface area contributed by atoms with E-state index in [0.717, 1.165) is 35.0 Å². The molecule has 2 atom stereocenters. The van der Waals surface area contributed by atoms with Gasteiger partial charge in [0.25, 0.3) is 0 Å². The summed E-state index contributed by atoms with van der Waals surface area (Å²) in [6.07, 6.45) is 8.15. The van der Waals surface area contributed by atoms with Crippen LogP contribution < -0.4 is 11.1 Å². The Balaban J connectivity index is 1.48. The number of pyridine rings is 2. The number of fused-ring (bicyclic) bond motifs is 1. The topological polar surface area (TPSA) is 133 Å². The van der Waals surface area contributed by atoms with Gasteiger partial charge in [0.05, 0.1) is 41.1 Å². The SMILES string of the molecule is CO[C@H]1COC[C@@H]1CNc1nc2cc(-c3noc(=O)[nH]3)nc(-c3cncc(Cl)c3)c2n1C[C@H]1CC[C@H](C)CC1. The molecule has 1 aliphatic carbocycles. The number of nitrogens with zero attached hydrogens (tertiary/aromatic N) is 5. The molecule has 11 nitrogen and oxygen atoms in total. The van der Waals surface area contributed by atoms with Gasteiger partial charge >= 0.3 is 5.76 Å². The van der Waals surface area contributed by atoms with Crippen molar-refractivity contribution in [3.8, 4) is 22.8 Å². The van der Waals surface area contributed by atoms with E-state index in [0.29, 0.717) is 42.1 Å². The molecule has 4 aromatic rings. The largest absolute Gasteiger partial charge is 0.439 e. The highest BCUT2D eigenvalue weighted by molar-refractivity contribution is 6.30. The molecule has 0 aromatic carbocycles. The number of methoxy groups -OCH3 is 1. The zero-order valence-corrected chi connectivity index (χ0v) is 22.8. The molecule has 4 aromatic heterocycles. The molecule has 2 N–H and O–H groups in total. The summed E-state index contributed by atoms with van der Waals surface area (Å²) in [6.45, 7) is 5.03. The third kappa shape index (κ3) is 5.43. The second-order valence-corrected chi connectivity index (χ2v) is 11.1. The van der Waals surface area contributed by atoms with Gasteiger partial charge in [-0.3, -0.25) is 14.5 Å². The van der Waals surface area contributed by atoms with E-state index >= 15 is 0 Å². The Morgan fingerprint density at radius 3 is 2.77 bits per heavy atom. The number of H-pyrrole nitrogens is 1. The van der Waals surface area contributed by atoms with E-state index < -0.39 is 5.76 Å². The number of anilines is 1. The number of aromatic nitrogens is 6. The van der Waals surface area contributed by atoms with E-state index in [9.17, 15) is 4.79 Å². The van der Waals surface area contributed by atoms with E-state index in [1.54, 1.807) is 19.5 Å². The van der Waals surface area contributed by atoms with Crippen LogP contribution in [0.25, 0.3) is 33.8 Å². The van der Waals surface area contributed by atoms with Gasteiger partial charge in [-0.25, -0.2) is 14.8 Å². The molecule has 0 radical (unpaired) electrons. The van der Waals surface area contributed by atoms with E-state index in [4.69, 9.17) is 35.6 Å². The Morgan fingerprint density at radius 2 is 2.03 bits per heavy atom. The van der Waals surface area contributed by atoms with Crippen molar-refractivity contribution in [2.24, 2.45) is 17.8 Å². The number of rotatable bonds is 8. The van der Waals surface area contributed by atoms with Gasteiger partial charge in [0.15, 0.2) is 0 Å². The average molecular weight is 554 g/mol. The summed E-state index contributed by atoms with van der Waals surface area (Å²) in [5.74, 6) is 1.84. The predicted molar refractivity (Wildman–Crippen MR) is 147 cm³/mol. The van der Waals surface area contributed by atoms with E-state index in [-0.39, 0.29) is 17.8 Å². The summed E-state index contributed by atoms with van der Waals surface area (Å²) in [5, 5.41) is 7.95. The van der Waals surface area contributed by atoms with Crippen LogP contribution in [0.3, 0.4) is 0 Å². The molecule has 5 heterocycles. The minimum atomic E-state index is -0.649. The minimum absolute atomic E-state index is 0.0421. The summed E-state index contributed by atoms with van der Waals surface area (Å²) < 4.78 is 18.3. The Kier molecular flexibility index (Phi) is 7.37. The molecule has 12 heteroatoms. The lowest BCUT2D eigenvalue weighted by Crippen LogP contribution is -2.28. The van der Waals surface area contributed by atoms with Crippen LogP contribution in [0.5, 0.6) is 0 Å². The van der Waals surface area contributed by atoms with Crippen LogP contribution in [0.1, 0.15) is 32.6 Å². The highest BCUT2D eigenvalue weighted by Gasteiger charge is 2.29. The van der Waals surface area contributed by atoms with Gasteiger partial charge in [-0.15, -0.1) is 0 Å². The zero-order chi connectivity index (χ0) is 26.9. The van der Waals surface area contributed by atoms with Gasteiger partial charge in [-0.2, -0.15) is 0 Å². The Bertz CT molecular complexity index is 1510. The van der Waals surface area contributed by atoms with Crippen molar-refractivity contribution >= 4 is 28.6 Å². The van der Waals surface area contributed by atoms with Gasteiger partial charge in [0, 0.05) is 44.1 Å². The second-order valence-electron chi connectivity index (χ2n) is 10.7. The van der Waals surface area contributed by atoms with Crippen molar-refractivity contribution in [3.05, 3.63) is 40.1 Å². The van der Waals surface area contributed by atoms with Crippen LogP contribution in [0.4, 0.5) is 5.95 Å². The van der Waals surface area contributed by atoms with Crippen LogP contribution >= 0.6 is 11.6 Å². The van der Waals surface area contributed by atoms with Gasteiger partial charge in [-0.05, 0) is 36.8 Å². The Hall–Kier alpha value is -3.28. The van der Waals surface area contributed by atoms with Crippen molar-refractivity contribution in [3.63, 3.8) is 0 Å². The maximum atomic E-state index is 11.7. The third-order valence-corrected chi connectivity index (χ3v) is 8.13. The number of hydrogen-bond donors (Lipinski definition) is 2. The lowest BCUT2D eigenvalue weighted by Gasteiger charge is -2.27. The van der Waals surface area contributed by atoms with Crippen LogP contribution in [0.2, 0.25) is 5.02 Å². The molecule has 1 saturated heterocycles. The predicted octanol–water partition coefficient (Wildman–Crippen LogP) is 4.39. The van der Waals surface area contributed by atoms with Gasteiger partial charge in [0.2, 0.25) is 11.8 Å². The first-order valence-electron chi connectivity index (χ1n) is 13.4. The van der Waals surface area contributed by atoms with Gasteiger partial charge in [-0.1, -0.05) is 36.5 Å². The van der Waals surface area contributed by atoms with Crippen molar-refractivity contribution < 1.29 is 14.0 Å². The zero-order valence-electron chi connectivity index (χ0n) is 22.0. The quantitative estimate of drug-likeness (QED) is 0.326. The molecule has 0 spiro atoms. The number of hydrogen-bond acceptors (Lipinski definition) is 9. The van der Waals surface area contributed by atoms with Crippen LogP contribution in [0, 0.1) is 17.8 Å².